The highest BCUT2D eigenvalue weighted by Gasteiger charge is 2.19. The Labute approximate surface area is 99.2 Å². The van der Waals surface area contributed by atoms with Gasteiger partial charge in [-0.1, -0.05) is 23.7 Å². The zero-order valence-electron chi connectivity index (χ0n) is 8.96. The largest absolute Gasteiger partial charge is 0.317 e. The summed E-state index contributed by atoms with van der Waals surface area (Å²) in [5, 5.41) is 12.2. The quantitative estimate of drug-likeness (QED) is 0.798. The van der Waals surface area contributed by atoms with E-state index >= 15 is 0 Å². The van der Waals surface area contributed by atoms with Gasteiger partial charge in [0.05, 0.1) is 5.52 Å². The maximum Gasteiger partial charge on any atom is 0.132 e. The van der Waals surface area contributed by atoms with Gasteiger partial charge in [0, 0.05) is 5.39 Å². The first-order valence-electron chi connectivity index (χ1n) is 5.69. The van der Waals surface area contributed by atoms with Gasteiger partial charge in [-0.15, -0.1) is 0 Å². The molecule has 0 spiro atoms. The normalized spacial score (nSPS) is 18.1. The van der Waals surface area contributed by atoms with Crippen LogP contribution in [0.15, 0.2) is 18.2 Å². The lowest BCUT2D eigenvalue weighted by molar-refractivity contribution is 0.462. The molecule has 1 aliphatic rings. The molecule has 3 rings (SSSR count). The highest BCUT2D eigenvalue weighted by molar-refractivity contribution is 6.34. The zero-order chi connectivity index (χ0) is 11.0. The first-order chi connectivity index (χ1) is 7.86. The molecule has 1 saturated heterocycles. The lowest BCUT2D eigenvalue weighted by Gasteiger charge is -2.23. The Morgan fingerprint density at radius 1 is 1.25 bits per heavy atom. The van der Waals surface area contributed by atoms with Gasteiger partial charge in [-0.25, -0.2) is 0 Å². The van der Waals surface area contributed by atoms with Crippen molar-refractivity contribution in [1.82, 2.24) is 15.5 Å². The molecule has 84 valence electrons. The number of hydrogen-bond acceptors (Lipinski definition) is 2. The van der Waals surface area contributed by atoms with E-state index in [2.05, 4.69) is 27.6 Å². The van der Waals surface area contributed by atoms with Crippen LogP contribution < -0.4 is 5.32 Å². The van der Waals surface area contributed by atoms with Crippen LogP contribution in [0.3, 0.4) is 0 Å². The number of halogens is 1. The summed E-state index contributed by atoms with van der Waals surface area (Å²) in [4.78, 5) is 0. The number of H-pyrrole nitrogens is 1. The van der Waals surface area contributed by atoms with Crippen molar-refractivity contribution in [3.63, 3.8) is 0 Å². The molecule has 1 aliphatic heterocycles. The molecule has 4 heteroatoms. The summed E-state index contributed by atoms with van der Waals surface area (Å²) in [5.74, 6) is 0.615. The second-order valence-electron chi connectivity index (χ2n) is 4.31. The van der Waals surface area contributed by atoms with Crippen molar-refractivity contribution >= 4 is 22.5 Å². The van der Waals surface area contributed by atoms with Crippen LogP contribution in [0.5, 0.6) is 0 Å². The van der Waals surface area contributed by atoms with Gasteiger partial charge in [-0.2, -0.15) is 5.10 Å². The van der Waals surface area contributed by atoms with Gasteiger partial charge < -0.3 is 5.32 Å². The van der Waals surface area contributed by atoms with Gasteiger partial charge in [0.25, 0.3) is 0 Å². The molecule has 2 heterocycles. The maximum atomic E-state index is 6.05. The predicted octanol–water partition coefficient (Wildman–Crippen LogP) is 2.68. The van der Waals surface area contributed by atoms with Gasteiger partial charge >= 0.3 is 0 Å². The van der Waals surface area contributed by atoms with Crippen molar-refractivity contribution in [3.05, 3.63) is 28.9 Å². The molecule has 16 heavy (non-hydrogen) atoms. The number of nitrogens with one attached hydrogen (secondary N) is 2. The topological polar surface area (TPSA) is 40.7 Å². The van der Waals surface area contributed by atoms with Crippen LogP contribution in [-0.2, 0) is 0 Å². The van der Waals surface area contributed by atoms with Gasteiger partial charge in [0.15, 0.2) is 0 Å². The second kappa shape index (κ2) is 4.07. The molecule has 0 saturated carbocycles. The number of aromatic nitrogens is 2. The predicted molar refractivity (Wildman–Crippen MR) is 65.9 cm³/mol. The van der Waals surface area contributed by atoms with Crippen molar-refractivity contribution in [3.8, 4) is 0 Å². The monoisotopic (exact) mass is 235 g/mol. The smallest absolute Gasteiger partial charge is 0.132 e. The third-order valence-corrected chi connectivity index (χ3v) is 3.64. The van der Waals surface area contributed by atoms with Gasteiger partial charge in [-0.3, -0.25) is 5.10 Å². The molecule has 0 amide bonds. The fraction of sp³-hybridized carbons (Fsp3) is 0.417. The van der Waals surface area contributed by atoms with Crippen LogP contribution in [0, 0.1) is 0 Å². The van der Waals surface area contributed by atoms with E-state index < -0.39 is 0 Å². The van der Waals surface area contributed by atoms with E-state index in [4.69, 9.17) is 11.6 Å². The standard InChI is InChI=1S/C12H14ClN3/c13-12-10-3-1-2-9(11(10)15-16-12)8-4-6-14-7-5-8/h1-3,8,14H,4-7H2,(H,15,16). The Morgan fingerprint density at radius 2 is 2.06 bits per heavy atom. The van der Waals surface area contributed by atoms with E-state index in [1.165, 1.54) is 18.4 Å². The first-order valence-corrected chi connectivity index (χ1v) is 6.07. The minimum atomic E-state index is 0.615. The van der Waals surface area contributed by atoms with Crippen LogP contribution in [0.2, 0.25) is 5.15 Å². The molecule has 3 nitrogen and oxygen atoms in total. The number of benzene rings is 1. The lowest BCUT2D eigenvalue weighted by atomic mass is 9.89. The summed E-state index contributed by atoms with van der Waals surface area (Å²) in [6, 6.07) is 6.27. The highest BCUT2D eigenvalue weighted by Crippen LogP contribution is 2.32. The third kappa shape index (κ3) is 1.60. The molecular weight excluding hydrogens is 222 g/mol. The van der Waals surface area contributed by atoms with Crippen molar-refractivity contribution in [2.75, 3.05) is 13.1 Å². The Hall–Kier alpha value is -1.06. The minimum absolute atomic E-state index is 0.615. The lowest BCUT2D eigenvalue weighted by Crippen LogP contribution is -2.26. The Kier molecular flexibility index (Phi) is 2.58. The number of para-hydroxylation sites is 1. The van der Waals surface area contributed by atoms with Crippen molar-refractivity contribution in [1.29, 1.82) is 0 Å². The van der Waals surface area contributed by atoms with Crippen molar-refractivity contribution < 1.29 is 0 Å². The van der Waals surface area contributed by atoms with Crippen molar-refractivity contribution in [2.24, 2.45) is 0 Å². The van der Waals surface area contributed by atoms with E-state index in [1.54, 1.807) is 0 Å². The van der Waals surface area contributed by atoms with E-state index in [0.29, 0.717) is 11.1 Å². The summed E-state index contributed by atoms with van der Waals surface area (Å²) in [5.41, 5.74) is 2.38. The van der Waals surface area contributed by atoms with E-state index in [0.717, 1.165) is 24.0 Å². The Bertz CT molecular complexity index is 500. The molecule has 2 aromatic rings. The molecule has 0 radical (unpaired) electrons. The first kappa shape index (κ1) is 10.1. The van der Waals surface area contributed by atoms with E-state index in [9.17, 15) is 0 Å². The summed E-state index contributed by atoms with van der Waals surface area (Å²) >= 11 is 6.05. The Morgan fingerprint density at radius 3 is 2.88 bits per heavy atom. The number of hydrogen-bond donors (Lipinski definition) is 2. The van der Waals surface area contributed by atoms with Gasteiger partial charge in [0.2, 0.25) is 0 Å². The molecule has 1 fully saturated rings. The average molecular weight is 236 g/mol. The summed E-state index contributed by atoms with van der Waals surface area (Å²) in [7, 11) is 0. The average Bonchev–Trinajstić information content (AvgIpc) is 2.73. The van der Waals surface area contributed by atoms with E-state index in [1.807, 2.05) is 6.07 Å². The fourth-order valence-corrected chi connectivity index (χ4v) is 2.69. The number of fused-ring (bicyclic) bond motifs is 1. The summed E-state index contributed by atoms with van der Waals surface area (Å²) in [6.07, 6.45) is 2.37. The van der Waals surface area contributed by atoms with Crippen LogP contribution in [-0.4, -0.2) is 23.3 Å². The molecule has 0 atom stereocenters. The molecule has 0 bridgehead atoms. The molecular formula is C12H14ClN3. The van der Waals surface area contributed by atoms with Crippen molar-refractivity contribution in [2.45, 2.75) is 18.8 Å². The SMILES string of the molecule is Clc1[nH]nc2c(C3CCNCC3)cccc12. The van der Waals surface area contributed by atoms with Gasteiger partial charge in [0.1, 0.15) is 5.15 Å². The summed E-state index contributed by atoms with van der Waals surface area (Å²) in [6.45, 7) is 2.19. The Balaban J connectivity index is 2.08. The van der Waals surface area contributed by atoms with Crippen LogP contribution in [0.1, 0.15) is 24.3 Å². The molecule has 0 unspecified atom stereocenters. The maximum absolute atomic E-state index is 6.05. The van der Waals surface area contributed by atoms with Crippen LogP contribution >= 0.6 is 11.6 Å². The number of nitrogens with zero attached hydrogens (tertiary/aromatic N) is 1. The minimum Gasteiger partial charge on any atom is -0.317 e. The fourth-order valence-electron chi connectivity index (χ4n) is 2.49. The molecule has 2 N–H and O–H groups in total. The number of piperidine rings is 1. The second-order valence-corrected chi connectivity index (χ2v) is 4.68. The van der Waals surface area contributed by atoms with Crippen LogP contribution in [0.4, 0.5) is 0 Å². The number of rotatable bonds is 1. The van der Waals surface area contributed by atoms with Gasteiger partial charge in [-0.05, 0) is 43.5 Å². The van der Waals surface area contributed by atoms with Crippen LogP contribution in [0.25, 0.3) is 10.9 Å². The zero-order valence-corrected chi connectivity index (χ0v) is 9.72. The highest BCUT2D eigenvalue weighted by atomic mass is 35.5. The molecule has 1 aromatic heterocycles. The summed E-state index contributed by atoms with van der Waals surface area (Å²) < 4.78 is 0. The molecule has 0 aliphatic carbocycles. The molecule has 1 aromatic carbocycles. The third-order valence-electron chi connectivity index (χ3n) is 3.35. The van der Waals surface area contributed by atoms with E-state index in [-0.39, 0.29) is 0 Å². The number of aromatic amines is 1.